The van der Waals surface area contributed by atoms with Gasteiger partial charge in [0.25, 0.3) is 0 Å². The summed E-state index contributed by atoms with van der Waals surface area (Å²) in [5, 5.41) is 11.7. The van der Waals surface area contributed by atoms with Crippen LogP contribution in [-0.4, -0.2) is 47.1 Å². The molecular formula is C27H26ClN3O3. The highest BCUT2D eigenvalue weighted by Gasteiger charge is 2.32. The number of benzene rings is 3. The van der Waals surface area contributed by atoms with Gasteiger partial charge >= 0.3 is 5.97 Å². The quantitative estimate of drug-likeness (QED) is 0.377. The zero-order valence-electron chi connectivity index (χ0n) is 18.7. The van der Waals surface area contributed by atoms with Crippen molar-refractivity contribution < 1.29 is 14.6 Å². The average Bonchev–Trinajstić information content (AvgIpc) is 3.26. The third-order valence-corrected chi connectivity index (χ3v) is 6.55. The van der Waals surface area contributed by atoms with E-state index in [2.05, 4.69) is 9.88 Å². The highest BCUT2D eigenvalue weighted by molar-refractivity contribution is 6.30. The van der Waals surface area contributed by atoms with Crippen LogP contribution in [-0.2, 0) is 11.4 Å². The summed E-state index contributed by atoms with van der Waals surface area (Å²) in [4.78, 5) is 19.9. The van der Waals surface area contributed by atoms with E-state index in [0.29, 0.717) is 24.7 Å². The second-order valence-corrected chi connectivity index (χ2v) is 8.91. The van der Waals surface area contributed by atoms with Crippen molar-refractivity contribution in [2.75, 3.05) is 31.1 Å². The molecule has 0 saturated carbocycles. The van der Waals surface area contributed by atoms with E-state index in [9.17, 15) is 9.90 Å². The number of ether oxygens (including phenoxy) is 1. The number of H-pyrrole nitrogens is 1. The molecule has 2 heterocycles. The fraction of sp³-hybridized carbons (Fsp3) is 0.222. The fourth-order valence-corrected chi connectivity index (χ4v) is 4.77. The van der Waals surface area contributed by atoms with Crippen LogP contribution in [0.25, 0.3) is 10.9 Å². The number of nitrogens with zero attached hydrogens (tertiary/aromatic N) is 2. The second kappa shape index (κ2) is 9.79. The molecule has 0 spiro atoms. The Bertz CT molecular complexity index is 1280. The van der Waals surface area contributed by atoms with Crippen molar-refractivity contribution in [2.24, 2.45) is 0 Å². The first kappa shape index (κ1) is 22.3. The Hall–Kier alpha value is -3.48. The lowest BCUT2D eigenvalue weighted by molar-refractivity contribution is -0.143. The maximum atomic E-state index is 12.4. The van der Waals surface area contributed by atoms with Gasteiger partial charge in [-0.3, -0.25) is 9.69 Å². The molecule has 1 aliphatic rings. The standard InChI is InChI=1S/C27H26ClN3O3/c28-20-7-4-8-21(15-20)30-11-13-31(14-12-30)26(27(32)33)24-17-29-25-16-22(9-10-23(24)25)34-18-19-5-2-1-3-6-19/h1-10,15-17,26,29H,11-14,18H2,(H,32,33). The van der Waals surface area contributed by atoms with Gasteiger partial charge in [0.1, 0.15) is 18.4 Å². The summed E-state index contributed by atoms with van der Waals surface area (Å²) in [5.41, 5.74) is 3.80. The number of aliphatic carboxylic acids is 1. The third kappa shape index (κ3) is 4.74. The predicted molar refractivity (Wildman–Crippen MR) is 135 cm³/mol. The van der Waals surface area contributed by atoms with Gasteiger partial charge in [0.2, 0.25) is 0 Å². The summed E-state index contributed by atoms with van der Waals surface area (Å²) in [5.74, 6) is -0.103. The molecule has 7 heteroatoms. The van der Waals surface area contributed by atoms with Crippen LogP contribution >= 0.6 is 11.6 Å². The normalized spacial score (nSPS) is 15.4. The van der Waals surface area contributed by atoms with E-state index in [-0.39, 0.29) is 0 Å². The van der Waals surface area contributed by atoms with E-state index in [0.717, 1.165) is 46.6 Å². The van der Waals surface area contributed by atoms with Crippen LogP contribution in [0.1, 0.15) is 17.2 Å². The fourth-order valence-electron chi connectivity index (χ4n) is 4.58. The highest BCUT2D eigenvalue weighted by Crippen LogP contribution is 2.32. The largest absolute Gasteiger partial charge is 0.489 e. The van der Waals surface area contributed by atoms with Gasteiger partial charge in [-0.1, -0.05) is 48.0 Å². The SMILES string of the molecule is O=C(O)C(c1c[nH]c2cc(OCc3ccccc3)ccc12)N1CCN(c2cccc(Cl)c2)CC1. The lowest BCUT2D eigenvalue weighted by atomic mass is 10.0. The molecule has 1 fully saturated rings. The van der Waals surface area contributed by atoms with E-state index in [4.69, 9.17) is 16.3 Å². The monoisotopic (exact) mass is 475 g/mol. The second-order valence-electron chi connectivity index (χ2n) is 8.47. The van der Waals surface area contributed by atoms with Gasteiger partial charge in [-0.15, -0.1) is 0 Å². The summed E-state index contributed by atoms with van der Waals surface area (Å²) in [6.45, 7) is 3.26. The smallest absolute Gasteiger partial charge is 0.325 e. The first-order valence-corrected chi connectivity index (χ1v) is 11.7. The van der Waals surface area contributed by atoms with Gasteiger partial charge in [-0.05, 0) is 35.9 Å². The van der Waals surface area contributed by atoms with Crippen molar-refractivity contribution >= 4 is 34.2 Å². The van der Waals surface area contributed by atoms with E-state index >= 15 is 0 Å². The molecule has 1 saturated heterocycles. The molecule has 0 radical (unpaired) electrons. The van der Waals surface area contributed by atoms with Crippen molar-refractivity contribution in [2.45, 2.75) is 12.6 Å². The lowest BCUT2D eigenvalue weighted by Crippen LogP contribution is -2.49. The topological polar surface area (TPSA) is 68.8 Å². The molecule has 0 aliphatic carbocycles. The number of hydrogen-bond acceptors (Lipinski definition) is 4. The van der Waals surface area contributed by atoms with Crippen LogP contribution in [0.2, 0.25) is 5.02 Å². The van der Waals surface area contributed by atoms with Crippen LogP contribution < -0.4 is 9.64 Å². The number of fused-ring (bicyclic) bond motifs is 1. The lowest BCUT2D eigenvalue weighted by Gasteiger charge is -2.38. The molecule has 0 bridgehead atoms. The molecule has 6 nitrogen and oxygen atoms in total. The molecule has 5 rings (SSSR count). The zero-order chi connectivity index (χ0) is 23.5. The molecule has 1 aliphatic heterocycles. The van der Waals surface area contributed by atoms with E-state index in [1.54, 1.807) is 0 Å². The van der Waals surface area contributed by atoms with Gasteiger partial charge in [0, 0.05) is 65.6 Å². The van der Waals surface area contributed by atoms with Gasteiger partial charge in [-0.25, -0.2) is 0 Å². The highest BCUT2D eigenvalue weighted by atomic mass is 35.5. The van der Waals surface area contributed by atoms with Crippen LogP contribution in [0, 0.1) is 0 Å². The summed E-state index contributed by atoms with van der Waals surface area (Å²) < 4.78 is 5.93. The zero-order valence-corrected chi connectivity index (χ0v) is 19.4. The number of halogens is 1. The molecular weight excluding hydrogens is 450 g/mol. The Morgan fingerprint density at radius 1 is 1.00 bits per heavy atom. The molecule has 0 amide bonds. The van der Waals surface area contributed by atoms with Crippen LogP contribution in [0.15, 0.2) is 79.0 Å². The summed E-state index contributed by atoms with van der Waals surface area (Å²) in [6.07, 6.45) is 1.81. The number of nitrogens with one attached hydrogen (secondary N) is 1. The number of rotatable bonds is 7. The van der Waals surface area contributed by atoms with E-state index in [1.807, 2.05) is 83.9 Å². The van der Waals surface area contributed by atoms with E-state index in [1.165, 1.54) is 0 Å². The number of carbonyl (C=O) groups is 1. The number of aromatic amines is 1. The first-order chi connectivity index (χ1) is 16.6. The van der Waals surface area contributed by atoms with Crippen molar-refractivity contribution in [1.82, 2.24) is 9.88 Å². The Labute approximate surface area is 203 Å². The molecule has 1 aromatic heterocycles. The first-order valence-electron chi connectivity index (χ1n) is 11.3. The predicted octanol–water partition coefficient (Wildman–Crippen LogP) is 5.35. The van der Waals surface area contributed by atoms with E-state index < -0.39 is 12.0 Å². The van der Waals surface area contributed by atoms with Gasteiger partial charge < -0.3 is 19.7 Å². The third-order valence-electron chi connectivity index (χ3n) is 6.31. The number of piperazine rings is 1. The Balaban J connectivity index is 1.31. The molecule has 34 heavy (non-hydrogen) atoms. The minimum Gasteiger partial charge on any atom is -0.489 e. The Morgan fingerprint density at radius 3 is 2.53 bits per heavy atom. The van der Waals surface area contributed by atoms with Crippen molar-refractivity contribution in [3.63, 3.8) is 0 Å². The maximum absolute atomic E-state index is 12.4. The molecule has 4 aromatic rings. The minimum atomic E-state index is -0.846. The molecule has 2 N–H and O–H groups in total. The number of anilines is 1. The minimum absolute atomic E-state index is 0.481. The summed E-state index contributed by atoms with van der Waals surface area (Å²) >= 11 is 6.14. The summed E-state index contributed by atoms with van der Waals surface area (Å²) in [6, 6.07) is 22.8. The average molecular weight is 476 g/mol. The van der Waals surface area contributed by atoms with Gasteiger partial charge in [0.15, 0.2) is 0 Å². The van der Waals surface area contributed by atoms with Crippen molar-refractivity contribution in [3.05, 3.63) is 95.1 Å². The van der Waals surface area contributed by atoms with Gasteiger partial charge in [0.05, 0.1) is 0 Å². The number of carboxylic acids is 1. The van der Waals surface area contributed by atoms with Gasteiger partial charge in [-0.2, -0.15) is 0 Å². The Kier molecular flexibility index (Phi) is 6.43. The molecule has 174 valence electrons. The maximum Gasteiger partial charge on any atom is 0.325 e. The van der Waals surface area contributed by atoms with Crippen LogP contribution in [0.5, 0.6) is 5.75 Å². The number of hydrogen-bond donors (Lipinski definition) is 2. The Morgan fingerprint density at radius 2 is 1.79 bits per heavy atom. The summed E-state index contributed by atoms with van der Waals surface area (Å²) in [7, 11) is 0. The van der Waals surface area contributed by atoms with Crippen molar-refractivity contribution in [3.8, 4) is 5.75 Å². The molecule has 1 unspecified atom stereocenters. The van der Waals surface area contributed by atoms with Crippen LogP contribution in [0.3, 0.4) is 0 Å². The molecule has 1 atom stereocenters. The number of carboxylic acid groups (broad SMARTS) is 1. The molecule has 3 aromatic carbocycles. The van der Waals surface area contributed by atoms with Crippen molar-refractivity contribution in [1.29, 1.82) is 0 Å². The van der Waals surface area contributed by atoms with Crippen LogP contribution in [0.4, 0.5) is 5.69 Å². The number of aromatic nitrogens is 1.